The van der Waals surface area contributed by atoms with Crippen LogP contribution in [-0.2, 0) is 0 Å². The molecular weight excluding hydrogens is 264 g/mol. The van der Waals surface area contributed by atoms with E-state index in [1.165, 1.54) is 36.9 Å². The van der Waals surface area contributed by atoms with Crippen LogP contribution in [0.25, 0.3) is 0 Å². The van der Waals surface area contributed by atoms with Crippen molar-refractivity contribution < 1.29 is 0 Å². The SMILES string of the molecule is CCC1(CC)CCN(c2ccc(C(N)=S)c(C)c2)CC1. The smallest absolute Gasteiger partial charge is 0.104 e. The average Bonchev–Trinajstić information content (AvgIpc) is 2.47. The highest BCUT2D eigenvalue weighted by molar-refractivity contribution is 7.80. The topological polar surface area (TPSA) is 29.3 Å². The van der Waals surface area contributed by atoms with E-state index < -0.39 is 0 Å². The van der Waals surface area contributed by atoms with Crippen molar-refractivity contribution in [2.24, 2.45) is 11.1 Å². The first kappa shape index (κ1) is 15.3. The summed E-state index contributed by atoms with van der Waals surface area (Å²) in [5, 5.41) is 0. The second-order valence-corrected chi connectivity index (χ2v) is 6.50. The molecule has 1 aliphatic rings. The molecule has 1 aromatic rings. The molecule has 1 heterocycles. The lowest BCUT2D eigenvalue weighted by atomic mass is 9.74. The minimum Gasteiger partial charge on any atom is -0.389 e. The van der Waals surface area contributed by atoms with Gasteiger partial charge < -0.3 is 10.6 Å². The summed E-state index contributed by atoms with van der Waals surface area (Å²) in [5.41, 5.74) is 9.79. The Bertz CT molecular complexity index is 482. The molecule has 3 heteroatoms. The number of hydrogen-bond acceptors (Lipinski definition) is 2. The van der Waals surface area contributed by atoms with Gasteiger partial charge in [0, 0.05) is 24.3 Å². The van der Waals surface area contributed by atoms with E-state index in [4.69, 9.17) is 18.0 Å². The van der Waals surface area contributed by atoms with E-state index in [9.17, 15) is 0 Å². The van der Waals surface area contributed by atoms with Crippen molar-refractivity contribution >= 4 is 22.9 Å². The molecule has 0 bridgehead atoms. The van der Waals surface area contributed by atoms with Crippen molar-refractivity contribution in [2.45, 2.75) is 46.5 Å². The van der Waals surface area contributed by atoms with E-state index in [0.717, 1.165) is 18.7 Å². The summed E-state index contributed by atoms with van der Waals surface area (Å²) >= 11 is 5.07. The Hall–Kier alpha value is -1.09. The first-order chi connectivity index (χ1) is 9.51. The molecule has 0 atom stereocenters. The lowest BCUT2D eigenvalue weighted by Gasteiger charge is -2.42. The molecule has 0 radical (unpaired) electrons. The van der Waals surface area contributed by atoms with Gasteiger partial charge in [-0.2, -0.15) is 0 Å². The molecule has 1 aromatic carbocycles. The number of thiocarbonyl (C=S) groups is 1. The van der Waals surface area contributed by atoms with E-state index >= 15 is 0 Å². The van der Waals surface area contributed by atoms with Gasteiger partial charge in [-0.05, 0) is 48.9 Å². The third-order valence-corrected chi connectivity index (χ3v) is 5.38. The number of anilines is 1. The van der Waals surface area contributed by atoms with Crippen LogP contribution in [-0.4, -0.2) is 18.1 Å². The molecule has 110 valence electrons. The summed E-state index contributed by atoms with van der Waals surface area (Å²) in [6, 6.07) is 6.44. The van der Waals surface area contributed by atoms with Crippen LogP contribution >= 0.6 is 12.2 Å². The number of aryl methyl sites for hydroxylation is 1. The van der Waals surface area contributed by atoms with E-state index in [1.54, 1.807) is 0 Å². The van der Waals surface area contributed by atoms with Crippen LogP contribution in [0.3, 0.4) is 0 Å². The van der Waals surface area contributed by atoms with Gasteiger partial charge in [0.05, 0.1) is 0 Å². The summed E-state index contributed by atoms with van der Waals surface area (Å²) < 4.78 is 0. The minimum atomic E-state index is 0.490. The van der Waals surface area contributed by atoms with Gasteiger partial charge >= 0.3 is 0 Å². The molecule has 0 unspecified atom stereocenters. The van der Waals surface area contributed by atoms with Gasteiger partial charge in [-0.15, -0.1) is 0 Å². The largest absolute Gasteiger partial charge is 0.389 e. The molecule has 0 amide bonds. The Labute approximate surface area is 128 Å². The quantitative estimate of drug-likeness (QED) is 0.849. The van der Waals surface area contributed by atoms with Crippen LogP contribution in [0.5, 0.6) is 0 Å². The highest BCUT2D eigenvalue weighted by Crippen LogP contribution is 2.39. The van der Waals surface area contributed by atoms with Crippen molar-refractivity contribution in [3.05, 3.63) is 29.3 Å². The zero-order chi connectivity index (χ0) is 14.8. The number of piperidine rings is 1. The van der Waals surface area contributed by atoms with Crippen LogP contribution in [0.4, 0.5) is 5.69 Å². The fourth-order valence-electron chi connectivity index (χ4n) is 3.32. The Kier molecular flexibility index (Phi) is 4.69. The van der Waals surface area contributed by atoms with Gasteiger partial charge in [0.2, 0.25) is 0 Å². The van der Waals surface area contributed by atoms with E-state index in [0.29, 0.717) is 10.4 Å². The van der Waals surface area contributed by atoms with Gasteiger partial charge in [-0.25, -0.2) is 0 Å². The molecule has 2 N–H and O–H groups in total. The summed E-state index contributed by atoms with van der Waals surface area (Å²) in [7, 11) is 0. The molecule has 0 spiro atoms. The zero-order valence-corrected chi connectivity index (χ0v) is 13.7. The van der Waals surface area contributed by atoms with E-state index in [2.05, 4.69) is 43.9 Å². The number of hydrogen-bond donors (Lipinski definition) is 1. The maximum Gasteiger partial charge on any atom is 0.104 e. The average molecular weight is 290 g/mol. The lowest BCUT2D eigenvalue weighted by molar-refractivity contribution is 0.199. The second kappa shape index (κ2) is 6.13. The number of rotatable bonds is 4. The van der Waals surface area contributed by atoms with Crippen LogP contribution in [0.1, 0.15) is 50.7 Å². The van der Waals surface area contributed by atoms with Crippen LogP contribution in [0.2, 0.25) is 0 Å². The summed E-state index contributed by atoms with van der Waals surface area (Å²) in [6.45, 7) is 9.08. The van der Waals surface area contributed by atoms with Crippen molar-refractivity contribution in [1.29, 1.82) is 0 Å². The summed E-state index contributed by atoms with van der Waals surface area (Å²) in [4.78, 5) is 2.99. The Morgan fingerprint density at radius 1 is 1.25 bits per heavy atom. The Morgan fingerprint density at radius 3 is 2.30 bits per heavy atom. The second-order valence-electron chi connectivity index (χ2n) is 6.06. The predicted molar refractivity (Wildman–Crippen MR) is 91.5 cm³/mol. The molecule has 0 saturated carbocycles. The fourth-order valence-corrected chi connectivity index (χ4v) is 3.55. The zero-order valence-electron chi connectivity index (χ0n) is 12.9. The molecule has 1 saturated heterocycles. The van der Waals surface area contributed by atoms with Crippen molar-refractivity contribution in [1.82, 2.24) is 0 Å². The van der Waals surface area contributed by atoms with Gasteiger partial charge in [0.25, 0.3) is 0 Å². The normalized spacial score (nSPS) is 18.1. The van der Waals surface area contributed by atoms with Crippen LogP contribution < -0.4 is 10.6 Å². The fraction of sp³-hybridized carbons (Fsp3) is 0.588. The van der Waals surface area contributed by atoms with Crippen molar-refractivity contribution in [2.75, 3.05) is 18.0 Å². The van der Waals surface area contributed by atoms with Crippen LogP contribution in [0, 0.1) is 12.3 Å². The van der Waals surface area contributed by atoms with Gasteiger partial charge in [-0.1, -0.05) is 38.9 Å². The standard InChI is InChI=1S/C17H26N2S/c1-4-17(5-2)8-10-19(11-9-17)14-6-7-15(16(18)20)13(3)12-14/h6-7,12H,4-5,8-11H2,1-3H3,(H2,18,20). The molecule has 2 nitrogen and oxygen atoms in total. The molecule has 2 rings (SSSR count). The van der Waals surface area contributed by atoms with E-state index in [1.807, 2.05) is 0 Å². The van der Waals surface area contributed by atoms with Gasteiger partial charge in [-0.3, -0.25) is 0 Å². The van der Waals surface area contributed by atoms with Crippen LogP contribution in [0.15, 0.2) is 18.2 Å². The Balaban J connectivity index is 2.11. The third-order valence-electron chi connectivity index (χ3n) is 5.16. The number of benzene rings is 1. The maximum atomic E-state index is 5.73. The van der Waals surface area contributed by atoms with Crippen molar-refractivity contribution in [3.63, 3.8) is 0 Å². The Morgan fingerprint density at radius 2 is 1.85 bits per heavy atom. The lowest BCUT2D eigenvalue weighted by Crippen LogP contribution is -2.39. The first-order valence-electron chi connectivity index (χ1n) is 7.67. The molecule has 1 fully saturated rings. The molecular formula is C17H26N2S. The molecule has 0 aliphatic carbocycles. The minimum absolute atomic E-state index is 0.490. The maximum absolute atomic E-state index is 5.73. The van der Waals surface area contributed by atoms with Gasteiger partial charge in [0.1, 0.15) is 4.99 Å². The molecule has 0 aromatic heterocycles. The van der Waals surface area contributed by atoms with Gasteiger partial charge in [0.15, 0.2) is 0 Å². The third kappa shape index (κ3) is 2.98. The molecule has 1 aliphatic heterocycles. The summed E-state index contributed by atoms with van der Waals surface area (Å²) in [6.07, 6.45) is 5.21. The summed E-state index contributed by atoms with van der Waals surface area (Å²) in [5.74, 6) is 0. The number of nitrogens with two attached hydrogens (primary N) is 1. The number of nitrogens with zero attached hydrogens (tertiary/aromatic N) is 1. The first-order valence-corrected chi connectivity index (χ1v) is 8.07. The highest BCUT2D eigenvalue weighted by atomic mass is 32.1. The van der Waals surface area contributed by atoms with E-state index in [-0.39, 0.29) is 0 Å². The molecule has 20 heavy (non-hydrogen) atoms. The highest BCUT2D eigenvalue weighted by Gasteiger charge is 2.31. The predicted octanol–water partition coefficient (Wildman–Crippen LogP) is 4.04. The monoisotopic (exact) mass is 290 g/mol. The van der Waals surface area contributed by atoms with Crippen molar-refractivity contribution in [3.8, 4) is 0 Å².